The summed E-state index contributed by atoms with van der Waals surface area (Å²) in [6, 6.07) is 83.9. The number of rotatable bonds is 3. The van der Waals surface area contributed by atoms with Crippen molar-refractivity contribution < 1.29 is 9.59 Å². The van der Waals surface area contributed by atoms with Crippen LogP contribution in [0.5, 0.6) is 0 Å². The lowest BCUT2D eigenvalue weighted by Gasteiger charge is -2.28. The number of ketones is 2. The van der Waals surface area contributed by atoms with E-state index in [2.05, 4.69) is 206 Å². The van der Waals surface area contributed by atoms with E-state index in [1.165, 1.54) is 110 Å². The molecule has 0 fully saturated rings. The lowest BCUT2D eigenvalue weighted by Crippen LogP contribution is -2.24. The van der Waals surface area contributed by atoms with Gasteiger partial charge < -0.3 is 0 Å². The second-order valence-electron chi connectivity index (χ2n) is 20.4. The molecule has 2 heteroatoms. The first kappa shape index (κ1) is 39.8. The quantitative estimate of drug-likeness (QED) is 0.166. The Balaban J connectivity index is 0.946. The van der Waals surface area contributed by atoms with Gasteiger partial charge in [-0.15, -0.1) is 0 Å². The van der Waals surface area contributed by atoms with Gasteiger partial charge in [0.1, 0.15) is 0 Å². The maximum absolute atomic E-state index is 14.0. The number of benzene rings is 12. The molecular weight excluding hydrogens is 873 g/mol. The highest BCUT2D eigenvalue weighted by Crippen LogP contribution is 2.61. The molecule has 2 atom stereocenters. The van der Waals surface area contributed by atoms with Crippen LogP contribution in [-0.2, 0) is 10.8 Å². The molecule has 0 saturated heterocycles. The average Bonchev–Trinajstić information content (AvgIpc) is 4.11. The molecule has 0 saturated carbocycles. The van der Waals surface area contributed by atoms with Crippen molar-refractivity contribution in [3.8, 4) is 55.6 Å². The van der Waals surface area contributed by atoms with Gasteiger partial charge in [-0.05, 0) is 144 Å². The molecule has 2 spiro atoms. The van der Waals surface area contributed by atoms with Crippen molar-refractivity contribution in [3.05, 3.63) is 275 Å². The maximum Gasteiger partial charge on any atom is 0.164 e. The van der Waals surface area contributed by atoms with Crippen LogP contribution < -0.4 is 0 Å². The van der Waals surface area contributed by atoms with Gasteiger partial charge in [0.05, 0.1) is 10.8 Å². The maximum atomic E-state index is 14.0. The normalized spacial score (nSPS) is 17.8. The summed E-state index contributed by atoms with van der Waals surface area (Å²) in [6.07, 6.45) is 0.841. The first-order valence-electron chi connectivity index (χ1n) is 25.2. The summed E-state index contributed by atoms with van der Waals surface area (Å²) < 4.78 is 0. The van der Waals surface area contributed by atoms with Gasteiger partial charge in [-0.1, -0.05) is 218 Å². The van der Waals surface area contributed by atoms with E-state index in [4.69, 9.17) is 0 Å². The fraction of sp³-hybridized carbons (Fsp3) is 0.0571. The first-order valence-corrected chi connectivity index (χ1v) is 25.2. The number of hydrogen-bond acceptors (Lipinski definition) is 2. The highest BCUT2D eigenvalue weighted by molar-refractivity contribution is 6.30. The fourth-order valence-electron chi connectivity index (χ4n) is 14.5. The predicted octanol–water partition coefficient (Wildman–Crippen LogP) is 17.1. The zero-order valence-electron chi connectivity index (χ0n) is 39.2. The van der Waals surface area contributed by atoms with E-state index in [0.717, 1.165) is 33.4 Å². The van der Waals surface area contributed by atoms with Gasteiger partial charge in [0.2, 0.25) is 0 Å². The van der Waals surface area contributed by atoms with Gasteiger partial charge in [-0.3, -0.25) is 9.59 Å². The number of carbonyl (C=O) groups is 2. The fourth-order valence-corrected chi connectivity index (χ4v) is 14.5. The Hall–Kier alpha value is -8.98. The minimum Gasteiger partial charge on any atom is -0.294 e. The van der Waals surface area contributed by atoms with Crippen LogP contribution in [0.3, 0.4) is 0 Å². The van der Waals surface area contributed by atoms with E-state index in [1.54, 1.807) is 0 Å². The summed E-state index contributed by atoms with van der Waals surface area (Å²) in [7, 11) is 0. The number of carbonyl (C=O) groups excluding carboxylic acids is 2. The summed E-state index contributed by atoms with van der Waals surface area (Å²) in [5.74, 6) is 0.400. The summed E-state index contributed by atoms with van der Waals surface area (Å²) in [5.41, 5.74) is 19.5. The van der Waals surface area contributed by atoms with Gasteiger partial charge in [0.15, 0.2) is 11.6 Å². The Labute approximate surface area is 416 Å². The van der Waals surface area contributed by atoms with Gasteiger partial charge in [-0.2, -0.15) is 0 Å². The van der Waals surface area contributed by atoms with Crippen molar-refractivity contribution in [1.29, 1.82) is 0 Å². The van der Waals surface area contributed by atoms with Crippen molar-refractivity contribution in [2.75, 3.05) is 0 Å². The summed E-state index contributed by atoms with van der Waals surface area (Å²) in [6.45, 7) is 0. The van der Waals surface area contributed by atoms with E-state index < -0.39 is 10.8 Å². The van der Waals surface area contributed by atoms with E-state index in [0.29, 0.717) is 12.8 Å². The standard InChI is InChI=1S/C70H42O2/c71-63-39-69(59-31-15-11-27-55(59)63)57-29-13-9-17-43(57)45-35-33-41(37-61(45)69)65-47-19-1-5-23-51(47)67(52-24-6-2-20-48(52)65)68-53-25-7-3-21-49(53)66(50-22-4-8-26-54(50)68)42-34-36-46-44-18-10-14-30-58(44)70(62(46)38-42)40-64(72)56-28-12-16-32-60(56)70/h1-38H,39-40H2. The molecule has 72 heavy (non-hydrogen) atoms. The smallest absolute Gasteiger partial charge is 0.164 e. The second kappa shape index (κ2) is 14.3. The Bertz CT molecular complexity index is 4060. The topological polar surface area (TPSA) is 34.1 Å². The van der Waals surface area contributed by atoms with Crippen molar-refractivity contribution in [2.24, 2.45) is 0 Å². The highest BCUT2D eigenvalue weighted by Gasteiger charge is 2.53. The summed E-state index contributed by atoms with van der Waals surface area (Å²) in [5, 5.41) is 9.51. The van der Waals surface area contributed by atoms with Crippen molar-refractivity contribution in [1.82, 2.24) is 0 Å². The minimum atomic E-state index is -0.552. The minimum absolute atomic E-state index is 0.200. The van der Waals surface area contributed by atoms with Gasteiger partial charge in [-0.25, -0.2) is 0 Å². The van der Waals surface area contributed by atoms with Crippen molar-refractivity contribution in [3.63, 3.8) is 0 Å². The van der Waals surface area contributed by atoms with Crippen LogP contribution >= 0.6 is 0 Å². The molecule has 0 amide bonds. The molecule has 16 rings (SSSR count). The SMILES string of the molecule is O=C1CC2(c3ccccc31)c1ccccc1-c1ccc(-c3c4ccccc4c(-c4c5ccccc5c(-c5ccc6c(c5)C5(CC(=O)c7ccccc75)c5ccccc5-6)c5ccccc45)c4ccccc34)cc12. The van der Waals surface area contributed by atoms with Crippen LogP contribution in [0.25, 0.3) is 98.7 Å². The average molecular weight is 915 g/mol. The molecule has 4 aliphatic rings. The molecule has 2 nitrogen and oxygen atoms in total. The number of hydrogen-bond donors (Lipinski definition) is 0. The predicted molar refractivity (Wildman–Crippen MR) is 294 cm³/mol. The van der Waals surface area contributed by atoms with Crippen molar-refractivity contribution in [2.45, 2.75) is 23.7 Å². The number of fused-ring (bicyclic) bond motifs is 18. The van der Waals surface area contributed by atoms with E-state index in [1.807, 2.05) is 24.3 Å². The monoisotopic (exact) mass is 914 g/mol. The van der Waals surface area contributed by atoms with E-state index in [-0.39, 0.29) is 11.6 Å². The van der Waals surface area contributed by atoms with Crippen LogP contribution in [-0.4, -0.2) is 11.6 Å². The van der Waals surface area contributed by atoms with Gasteiger partial charge >= 0.3 is 0 Å². The highest BCUT2D eigenvalue weighted by atomic mass is 16.1. The molecule has 12 aromatic carbocycles. The Morgan fingerprint density at radius 1 is 0.236 bits per heavy atom. The third kappa shape index (κ3) is 4.94. The largest absolute Gasteiger partial charge is 0.294 e. The molecule has 4 aliphatic carbocycles. The molecule has 0 radical (unpaired) electrons. The van der Waals surface area contributed by atoms with Gasteiger partial charge in [0.25, 0.3) is 0 Å². The summed E-state index contributed by atoms with van der Waals surface area (Å²) in [4.78, 5) is 28.0. The molecule has 334 valence electrons. The van der Waals surface area contributed by atoms with Crippen molar-refractivity contribution >= 4 is 54.7 Å². The van der Waals surface area contributed by atoms with Crippen LogP contribution in [0.15, 0.2) is 231 Å². The molecule has 0 aliphatic heterocycles. The molecule has 2 unspecified atom stereocenters. The van der Waals surface area contributed by atoms with E-state index in [9.17, 15) is 9.59 Å². The molecule has 0 aromatic heterocycles. The Morgan fingerprint density at radius 2 is 0.486 bits per heavy atom. The lowest BCUT2D eigenvalue weighted by molar-refractivity contribution is 0.0976. The second-order valence-corrected chi connectivity index (χ2v) is 20.4. The van der Waals surface area contributed by atoms with Crippen LogP contribution in [0.4, 0.5) is 0 Å². The first-order chi connectivity index (χ1) is 35.5. The zero-order chi connectivity index (χ0) is 47.5. The molecule has 0 N–H and O–H groups in total. The third-order valence-electron chi connectivity index (χ3n) is 17.2. The summed E-state index contributed by atoms with van der Waals surface area (Å²) >= 11 is 0. The molecule has 12 aromatic rings. The number of Topliss-reactive ketones (excluding diaryl/α,β-unsaturated/α-hetero) is 2. The Kier molecular flexibility index (Phi) is 7.92. The molecule has 0 bridgehead atoms. The van der Waals surface area contributed by atoms with Crippen LogP contribution in [0.1, 0.15) is 66.9 Å². The van der Waals surface area contributed by atoms with E-state index >= 15 is 0 Å². The Morgan fingerprint density at radius 3 is 0.819 bits per heavy atom. The third-order valence-corrected chi connectivity index (χ3v) is 17.2. The van der Waals surface area contributed by atoms with Gasteiger partial charge in [0, 0.05) is 24.0 Å². The van der Waals surface area contributed by atoms with Crippen LogP contribution in [0, 0.1) is 0 Å². The molecular formula is C70H42O2. The molecule has 0 heterocycles. The van der Waals surface area contributed by atoms with Crippen LogP contribution in [0.2, 0.25) is 0 Å². The lowest BCUT2D eigenvalue weighted by atomic mass is 9.72. The zero-order valence-corrected chi connectivity index (χ0v) is 39.2.